The van der Waals surface area contributed by atoms with Gasteiger partial charge in [-0.25, -0.2) is 13.8 Å². The van der Waals surface area contributed by atoms with Gasteiger partial charge in [0.2, 0.25) is 0 Å². The number of rotatable bonds is 2. The molecule has 1 unspecified atom stereocenters. The van der Waals surface area contributed by atoms with Crippen LogP contribution in [0.1, 0.15) is 16.7 Å². The van der Waals surface area contributed by atoms with E-state index in [1.54, 1.807) is 5.38 Å². The Labute approximate surface area is 103 Å². The van der Waals surface area contributed by atoms with Crippen molar-refractivity contribution in [3.8, 4) is 0 Å². The summed E-state index contributed by atoms with van der Waals surface area (Å²) in [5.41, 5.74) is 0.152. The zero-order valence-electron chi connectivity index (χ0n) is 7.82. The molecule has 0 spiro atoms. The zero-order valence-corrected chi connectivity index (χ0v) is 10.2. The van der Waals surface area contributed by atoms with E-state index in [1.165, 1.54) is 11.3 Å². The number of aliphatic hydroxyl groups is 1. The van der Waals surface area contributed by atoms with Crippen LogP contribution in [0.3, 0.4) is 0 Å². The number of halogens is 3. The number of thiazole rings is 1. The van der Waals surface area contributed by atoms with E-state index < -0.39 is 17.7 Å². The maximum absolute atomic E-state index is 12.9. The third-order valence-corrected chi connectivity index (χ3v) is 3.53. The summed E-state index contributed by atoms with van der Waals surface area (Å²) in [6.07, 6.45) is -1.11. The van der Waals surface area contributed by atoms with Crippen molar-refractivity contribution in [2.75, 3.05) is 0 Å². The number of aliphatic hydroxyl groups excluding tert-OH is 1. The highest BCUT2D eigenvalue weighted by Gasteiger charge is 2.16. The molecule has 1 atom stereocenters. The number of hydrogen-bond donors (Lipinski definition) is 1. The van der Waals surface area contributed by atoms with Crippen molar-refractivity contribution in [3.63, 3.8) is 0 Å². The van der Waals surface area contributed by atoms with Crippen molar-refractivity contribution >= 4 is 27.3 Å². The largest absolute Gasteiger partial charge is 0.381 e. The van der Waals surface area contributed by atoms with Crippen LogP contribution in [0, 0.1) is 11.6 Å². The Morgan fingerprint density at radius 1 is 1.25 bits per heavy atom. The first-order chi connectivity index (χ1) is 7.56. The average molecular weight is 306 g/mol. The molecule has 2 aromatic rings. The number of nitrogens with zero attached hydrogens (tertiary/aromatic N) is 1. The summed E-state index contributed by atoms with van der Waals surface area (Å²) in [6.45, 7) is 0. The second-order valence-electron chi connectivity index (χ2n) is 3.11. The van der Waals surface area contributed by atoms with Gasteiger partial charge in [0.25, 0.3) is 0 Å². The fraction of sp³-hybridized carbons (Fsp3) is 0.100. The summed E-state index contributed by atoms with van der Waals surface area (Å²) in [4.78, 5) is 3.99. The number of benzene rings is 1. The fourth-order valence-electron chi connectivity index (χ4n) is 1.27. The molecule has 1 heterocycles. The molecule has 0 aliphatic heterocycles. The lowest BCUT2D eigenvalue weighted by molar-refractivity contribution is 0.218. The molecule has 2 rings (SSSR count). The Bertz CT molecular complexity index is 497. The van der Waals surface area contributed by atoms with Crippen molar-refractivity contribution in [2.45, 2.75) is 6.10 Å². The second-order valence-corrected chi connectivity index (χ2v) is 4.82. The standard InChI is InChI=1S/C10H6BrF2NOS/c11-8-4-16-10(14-8)9(15)5-1-6(12)3-7(13)2-5/h1-4,9,15H. The minimum Gasteiger partial charge on any atom is -0.381 e. The van der Waals surface area contributed by atoms with Crippen molar-refractivity contribution in [1.29, 1.82) is 0 Å². The maximum atomic E-state index is 12.9. The summed E-state index contributed by atoms with van der Waals surface area (Å²) >= 11 is 4.35. The smallest absolute Gasteiger partial charge is 0.131 e. The van der Waals surface area contributed by atoms with Crippen LogP contribution in [0.4, 0.5) is 8.78 Å². The first kappa shape index (κ1) is 11.6. The van der Waals surface area contributed by atoms with E-state index in [0.29, 0.717) is 9.61 Å². The molecule has 0 radical (unpaired) electrons. The molecule has 0 fully saturated rings. The highest BCUT2D eigenvalue weighted by molar-refractivity contribution is 9.10. The highest BCUT2D eigenvalue weighted by atomic mass is 79.9. The Balaban J connectivity index is 2.37. The Kier molecular flexibility index (Phi) is 3.32. The molecule has 84 valence electrons. The molecule has 0 aliphatic carbocycles. The molecular formula is C10H6BrF2NOS. The Morgan fingerprint density at radius 2 is 1.88 bits per heavy atom. The third-order valence-electron chi connectivity index (χ3n) is 1.93. The van der Waals surface area contributed by atoms with Crippen LogP contribution in [0.15, 0.2) is 28.2 Å². The minimum atomic E-state index is -1.11. The van der Waals surface area contributed by atoms with Gasteiger partial charge in [-0.05, 0) is 33.6 Å². The molecule has 0 aliphatic rings. The van der Waals surface area contributed by atoms with E-state index >= 15 is 0 Å². The topological polar surface area (TPSA) is 33.1 Å². The van der Waals surface area contributed by atoms with E-state index in [9.17, 15) is 13.9 Å². The highest BCUT2D eigenvalue weighted by Crippen LogP contribution is 2.27. The lowest BCUT2D eigenvalue weighted by atomic mass is 10.1. The quantitative estimate of drug-likeness (QED) is 0.924. The van der Waals surface area contributed by atoms with Crippen LogP contribution in [-0.4, -0.2) is 10.1 Å². The molecular weight excluding hydrogens is 300 g/mol. The van der Waals surface area contributed by atoms with Gasteiger partial charge in [-0.2, -0.15) is 0 Å². The molecule has 16 heavy (non-hydrogen) atoms. The van der Waals surface area contributed by atoms with Gasteiger partial charge in [0.05, 0.1) is 0 Å². The number of aromatic nitrogens is 1. The fourth-order valence-corrected chi connectivity index (χ4v) is 2.54. The molecule has 1 aromatic carbocycles. The van der Waals surface area contributed by atoms with E-state index in [1.807, 2.05) is 0 Å². The lowest BCUT2D eigenvalue weighted by Crippen LogP contribution is -2.00. The van der Waals surface area contributed by atoms with Crippen molar-refractivity contribution in [3.05, 3.63) is 50.4 Å². The molecule has 1 N–H and O–H groups in total. The molecule has 0 saturated carbocycles. The summed E-state index contributed by atoms with van der Waals surface area (Å²) in [6, 6.07) is 2.93. The average Bonchev–Trinajstić information content (AvgIpc) is 2.62. The first-order valence-electron chi connectivity index (χ1n) is 4.31. The van der Waals surface area contributed by atoms with Gasteiger partial charge in [0, 0.05) is 11.4 Å². The predicted octanol–water partition coefficient (Wildman–Crippen LogP) is 3.27. The summed E-state index contributed by atoms with van der Waals surface area (Å²) in [5, 5.41) is 11.9. The minimum absolute atomic E-state index is 0.152. The van der Waals surface area contributed by atoms with Crippen LogP contribution in [-0.2, 0) is 0 Å². The Hall–Kier alpha value is -0.850. The SMILES string of the molecule is OC(c1cc(F)cc(F)c1)c1nc(Br)cs1. The molecule has 1 aromatic heterocycles. The molecule has 0 saturated heterocycles. The van der Waals surface area contributed by atoms with Gasteiger partial charge in [0.1, 0.15) is 27.3 Å². The normalized spacial score (nSPS) is 12.8. The lowest BCUT2D eigenvalue weighted by Gasteiger charge is -2.07. The monoisotopic (exact) mass is 305 g/mol. The summed E-state index contributed by atoms with van der Waals surface area (Å²) in [5.74, 6) is -1.44. The maximum Gasteiger partial charge on any atom is 0.131 e. The molecule has 6 heteroatoms. The van der Waals surface area contributed by atoms with Crippen molar-refractivity contribution in [1.82, 2.24) is 4.98 Å². The van der Waals surface area contributed by atoms with Gasteiger partial charge >= 0.3 is 0 Å². The van der Waals surface area contributed by atoms with Crippen LogP contribution < -0.4 is 0 Å². The molecule has 0 bridgehead atoms. The van der Waals surface area contributed by atoms with Gasteiger partial charge in [-0.1, -0.05) is 0 Å². The van der Waals surface area contributed by atoms with E-state index in [2.05, 4.69) is 20.9 Å². The zero-order chi connectivity index (χ0) is 11.7. The van der Waals surface area contributed by atoms with Crippen LogP contribution >= 0.6 is 27.3 Å². The Morgan fingerprint density at radius 3 is 2.38 bits per heavy atom. The molecule has 0 amide bonds. The van der Waals surface area contributed by atoms with Crippen molar-refractivity contribution < 1.29 is 13.9 Å². The van der Waals surface area contributed by atoms with Gasteiger partial charge in [-0.15, -0.1) is 11.3 Å². The third kappa shape index (κ3) is 2.45. The van der Waals surface area contributed by atoms with Gasteiger partial charge in [-0.3, -0.25) is 0 Å². The summed E-state index contributed by atoms with van der Waals surface area (Å²) < 4.78 is 26.5. The second kappa shape index (κ2) is 4.57. The van der Waals surface area contributed by atoms with E-state index in [-0.39, 0.29) is 5.56 Å². The number of hydrogen-bond acceptors (Lipinski definition) is 3. The molecule has 2 nitrogen and oxygen atoms in total. The van der Waals surface area contributed by atoms with E-state index in [0.717, 1.165) is 18.2 Å². The first-order valence-corrected chi connectivity index (χ1v) is 5.98. The van der Waals surface area contributed by atoms with Gasteiger partial charge < -0.3 is 5.11 Å². The van der Waals surface area contributed by atoms with Crippen LogP contribution in [0.25, 0.3) is 0 Å². The predicted molar refractivity (Wildman–Crippen MR) is 60.2 cm³/mol. The van der Waals surface area contributed by atoms with Crippen molar-refractivity contribution in [2.24, 2.45) is 0 Å². The van der Waals surface area contributed by atoms with E-state index in [4.69, 9.17) is 0 Å². The van der Waals surface area contributed by atoms with Crippen LogP contribution in [0.5, 0.6) is 0 Å². The van der Waals surface area contributed by atoms with Gasteiger partial charge in [0.15, 0.2) is 0 Å². The van der Waals surface area contributed by atoms with Crippen LogP contribution in [0.2, 0.25) is 0 Å². The summed E-state index contributed by atoms with van der Waals surface area (Å²) in [7, 11) is 0.